The lowest BCUT2D eigenvalue weighted by Gasteiger charge is -2.20. The second-order valence-electron chi connectivity index (χ2n) is 8.94. The van der Waals surface area contributed by atoms with E-state index in [-0.39, 0.29) is 12.5 Å². The minimum atomic E-state index is -0.954. The van der Waals surface area contributed by atoms with Gasteiger partial charge in [0.25, 0.3) is 11.8 Å². The van der Waals surface area contributed by atoms with Crippen LogP contribution in [0.5, 0.6) is 11.5 Å². The standard InChI is InChI=1S/C27H25N5O4/c1-17(2)18-8-12-20(13-9-18)32-26(34)24-25(27(32)35)31(30-29-24)16-23(33)28-19-10-14-22(15-11-19)36-21-6-4-3-5-7-21/h3-15,17,24-25H,16H2,1-2H3,(H,28,33)/t24-,25-/m1/s1. The third-order valence-electron chi connectivity index (χ3n) is 6.10. The minimum absolute atomic E-state index is 0.216. The van der Waals surface area contributed by atoms with Gasteiger partial charge in [0, 0.05) is 5.69 Å². The Balaban J connectivity index is 1.21. The van der Waals surface area contributed by atoms with Crippen LogP contribution in [0, 0.1) is 0 Å². The van der Waals surface area contributed by atoms with Crippen molar-refractivity contribution >= 4 is 29.1 Å². The molecule has 3 aromatic carbocycles. The predicted molar refractivity (Wildman–Crippen MR) is 134 cm³/mol. The minimum Gasteiger partial charge on any atom is -0.457 e. The number of carbonyl (C=O) groups is 3. The third-order valence-corrected chi connectivity index (χ3v) is 6.10. The maximum absolute atomic E-state index is 13.2. The summed E-state index contributed by atoms with van der Waals surface area (Å²) in [5.74, 6) is 0.409. The van der Waals surface area contributed by atoms with Crippen LogP contribution in [0.4, 0.5) is 11.4 Å². The molecule has 2 aliphatic rings. The van der Waals surface area contributed by atoms with Crippen molar-refractivity contribution in [3.05, 3.63) is 84.4 Å². The van der Waals surface area contributed by atoms with Gasteiger partial charge in [-0.3, -0.25) is 19.4 Å². The SMILES string of the molecule is CC(C)c1ccc(N2C(=O)[C@@H]3N=NN(CC(=O)Nc4ccc(Oc5ccccc5)cc4)[C@H]3C2=O)cc1. The van der Waals surface area contributed by atoms with Gasteiger partial charge in [0.05, 0.1) is 5.69 Å². The maximum atomic E-state index is 13.2. The predicted octanol–water partition coefficient (Wildman–Crippen LogP) is 4.53. The van der Waals surface area contributed by atoms with Gasteiger partial charge in [0.15, 0.2) is 12.1 Å². The molecule has 9 nitrogen and oxygen atoms in total. The van der Waals surface area contributed by atoms with Crippen LogP contribution in [0.2, 0.25) is 0 Å². The molecule has 0 aromatic heterocycles. The lowest BCUT2D eigenvalue weighted by molar-refractivity contribution is -0.123. The molecule has 2 aliphatic heterocycles. The van der Waals surface area contributed by atoms with E-state index >= 15 is 0 Å². The van der Waals surface area contributed by atoms with Crippen molar-refractivity contribution in [3.8, 4) is 11.5 Å². The topological polar surface area (TPSA) is 104 Å². The van der Waals surface area contributed by atoms with E-state index in [4.69, 9.17) is 4.74 Å². The number of nitrogens with one attached hydrogen (secondary N) is 1. The van der Waals surface area contributed by atoms with Gasteiger partial charge in [-0.05, 0) is 60.0 Å². The number of imide groups is 1. The first-order valence-corrected chi connectivity index (χ1v) is 11.7. The summed E-state index contributed by atoms with van der Waals surface area (Å²) in [6, 6.07) is 21.7. The van der Waals surface area contributed by atoms with Crippen LogP contribution < -0.4 is 15.0 Å². The van der Waals surface area contributed by atoms with Crippen molar-refractivity contribution in [1.29, 1.82) is 0 Å². The van der Waals surface area contributed by atoms with E-state index in [1.165, 1.54) is 5.01 Å². The van der Waals surface area contributed by atoms with Crippen molar-refractivity contribution in [2.75, 3.05) is 16.8 Å². The summed E-state index contributed by atoms with van der Waals surface area (Å²) in [7, 11) is 0. The Labute approximate surface area is 208 Å². The number of hydrogen-bond donors (Lipinski definition) is 1. The Morgan fingerprint density at radius 3 is 2.25 bits per heavy atom. The van der Waals surface area contributed by atoms with E-state index in [2.05, 4.69) is 29.5 Å². The molecule has 3 amide bonds. The molecule has 36 heavy (non-hydrogen) atoms. The largest absolute Gasteiger partial charge is 0.457 e. The molecular formula is C27H25N5O4. The molecule has 2 heterocycles. The van der Waals surface area contributed by atoms with Gasteiger partial charge in [-0.15, -0.1) is 0 Å². The molecule has 5 rings (SSSR count). The summed E-state index contributed by atoms with van der Waals surface area (Å²) in [6.07, 6.45) is 0. The lowest BCUT2D eigenvalue weighted by atomic mass is 10.0. The van der Waals surface area contributed by atoms with Crippen LogP contribution in [0.3, 0.4) is 0 Å². The number of nitrogens with zero attached hydrogens (tertiary/aromatic N) is 4. The number of amides is 3. The molecule has 2 atom stereocenters. The first-order valence-electron chi connectivity index (χ1n) is 11.7. The van der Waals surface area contributed by atoms with Gasteiger partial charge in [-0.1, -0.05) is 49.4 Å². The summed E-state index contributed by atoms with van der Waals surface area (Å²) in [6.45, 7) is 3.93. The summed E-state index contributed by atoms with van der Waals surface area (Å²) in [5, 5.41) is 12.0. The Bertz CT molecular complexity index is 1310. The van der Waals surface area contributed by atoms with Crippen LogP contribution >= 0.6 is 0 Å². The molecule has 0 aliphatic carbocycles. The van der Waals surface area contributed by atoms with Crippen molar-refractivity contribution in [1.82, 2.24) is 5.01 Å². The molecule has 9 heteroatoms. The van der Waals surface area contributed by atoms with Crippen LogP contribution in [0.15, 0.2) is 89.2 Å². The molecule has 0 radical (unpaired) electrons. The van der Waals surface area contributed by atoms with Gasteiger partial charge in [0.1, 0.15) is 18.0 Å². The summed E-state index contributed by atoms with van der Waals surface area (Å²) in [4.78, 5) is 39.9. The first-order chi connectivity index (χ1) is 17.4. The molecule has 182 valence electrons. The third kappa shape index (κ3) is 4.55. The zero-order valence-corrected chi connectivity index (χ0v) is 19.9. The molecule has 0 unspecified atom stereocenters. The Hall–Kier alpha value is -4.53. The fraction of sp³-hybridized carbons (Fsp3) is 0.222. The number of fused-ring (bicyclic) bond motifs is 1. The molecule has 0 spiro atoms. The van der Waals surface area contributed by atoms with Gasteiger partial charge in [-0.2, -0.15) is 5.11 Å². The zero-order chi connectivity index (χ0) is 25.2. The van der Waals surface area contributed by atoms with Gasteiger partial charge in [-0.25, -0.2) is 4.90 Å². The monoisotopic (exact) mass is 483 g/mol. The summed E-state index contributed by atoms with van der Waals surface area (Å²) < 4.78 is 5.76. The molecule has 1 fully saturated rings. The van der Waals surface area contributed by atoms with Crippen molar-refractivity contribution < 1.29 is 19.1 Å². The first kappa shape index (κ1) is 23.2. The normalized spacial score (nSPS) is 18.6. The number of carbonyl (C=O) groups excluding carboxylic acids is 3. The number of ether oxygens (including phenoxy) is 1. The van der Waals surface area contributed by atoms with Crippen molar-refractivity contribution in [3.63, 3.8) is 0 Å². The highest BCUT2D eigenvalue weighted by Crippen LogP contribution is 2.32. The number of anilines is 2. The smallest absolute Gasteiger partial charge is 0.263 e. The average molecular weight is 484 g/mol. The van der Waals surface area contributed by atoms with Crippen LogP contribution in [-0.2, 0) is 14.4 Å². The van der Waals surface area contributed by atoms with Crippen LogP contribution in [-0.4, -0.2) is 41.4 Å². The molecule has 3 aromatic rings. The Kier molecular flexibility index (Phi) is 6.20. The zero-order valence-electron chi connectivity index (χ0n) is 19.9. The second-order valence-corrected chi connectivity index (χ2v) is 8.94. The lowest BCUT2D eigenvalue weighted by Crippen LogP contribution is -2.43. The molecule has 1 N–H and O–H groups in total. The summed E-state index contributed by atoms with van der Waals surface area (Å²) >= 11 is 0. The van der Waals surface area contributed by atoms with Crippen molar-refractivity contribution in [2.24, 2.45) is 10.3 Å². The van der Waals surface area contributed by atoms with Gasteiger partial charge >= 0.3 is 0 Å². The van der Waals surface area contributed by atoms with Gasteiger partial charge < -0.3 is 10.1 Å². The summed E-state index contributed by atoms with van der Waals surface area (Å²) in [5.41, 5.74) is 2.16. The second kappa shape index (κ2) is 9.61. The van der Waals surface area contributed by atoms with Gasteiger partial charge in [0.2, 0.25) is 5.91 Å². The number of hydrogen-bond acceptors (Lipinski definition) is 7. The van der Waals surface area contributed by atoms with E-state index in [0.717, 1.165) is 10.5 Å². The number of para-hydroxylation sites is 1. The van der Waals surface area contributed by atoms with E-state index in [1.54, 1.807) is 36.4 Å². The molecule has 1 saturated heterocycles. The van der Waals surface area contributed by atoms with Crippen molar-refractivity contribution in [2.45, 2.75) is 31.8 Å². The fourth-order valence-corrected chi connectivity index (χ4v) is 4.20. The van der Waals surface area contributed by atoms with E-state index < -0.39 is 23.9 Å². The molecular weight excluding hydrogens is 458 g/mol. The fourth-order valence-electron chi connectivity index (χ4n) is 4.20. The number of rotatable bonds is 7. The highest BCUT2D eigenvalue weighted by molar-refractivity contribution is 6.25. The maximum Gasteiger partial charge on any atom is 0.263 e. The highest BCUT2D eigenvalue weighted by Gasteiger charge is 2.55. The number of benzene rings is 3. The van der Waals surface area contributed by atoms with E-state index in [0.29, 0.717) is 28.8 Å². The molecule has 0 saturated carbocycles. The van der Waals surface area contributed by atoms with E-state index in [1.807, 2.05) is 42.5 Å². The average Bonchev–Trinajstić information content (AvgIpc) is 3.40. The van der Waals surface area contributed by atoms with Crippen LogP contribution in [0.25, 0.3) is 0 Å². The highest BCUT2D eigenvalue weighted by atomic mass is 16.5. The van der Waals surface area contributed by atoms with Crippen LogP contribution in [0.1, 0.15) is 25.3 Å². The van der Waals surface area contributed by atoms with E-state index in [9.17, 15) is 14.4 Å². The Morgan fingerprint density at radius 2 is 1.58 bits per heavy atom. The Morgan fingerprint density at radius 1 is 0.917 bits per heavy atom. The molecule has 0 bridgehead atoms. The quantitative estimate of drug-likeness (QED) is 0.497.